The molecule has 6 nitrogen and oxygen atoms in total. The zero-order valence-corrected chi connectivity index (χ0v) is 11.2. The molecular formula is C9H17NO5S2. The Balaban J connectivity index is 2.11. The summed E-state index contributed by atoms with van der Waals surface area (Å²) in [6, 6.07) is 0. The lowest BCUT2D eigenvalue weighted by Gasteiger charge is -2.17. The molecule has 100 valence electrons. The number of hydrogen-bond donors (Lipinski definition) is 1. The topological polar surface area (TPSA) is 91.8 Å². The van der Waals surface area contributed by atoms with Crippen LogP contribution in [-0.4, -0.2) is 56.8 Å². The predicted octanol–water partition coefficient (Wildman–Crippen LogP) is -0.979. The van der Waals surface area contributed by atoms with Crippen molar-refractivity contribution >= 4 is 19.9 Å². The van der Waals surface area contributed by atoms with E-state index in [0.717, 1.165) is 19.1 Å². The van der Waals surface area contributed by atoms with Crippen LogP contribution in [0.25, 0.3) is 0 Å². The largest absolute Gasteiger partial charge is 0.393 e. The second kappa shape index (κ2) is 4.18. The van der Waals surface area contributed by atoms with Crippen LogP contribution >= 0.6 is 0 Å². The van der Waals surface area contributed by atoms with Gasteiger partial charge in [-0.05, 0) is 18.8 Å². The Kier molecular flexibility index (Phi) is 3.26. The molecule has 0 amide bonds. The summed E-state index contributed by atoms with van der Waals surface area (Å²) in [6.45, 7) is 0.600. The third-order valence-corrected chi connectivity index (χ3v) is 7.53. The number of sulfone groups is 1. The van der Waals surface area contributed by atoms with Crippen molar-refractivity contribution in [2.45, 2.75) is 18.9 Å². The van der Waals surface area contributed by atoms with E-state index in [-0.39, 0.29) is 18.4 Å². The van der Waals surface area contributed by atoms with Crippen LogP contribution in [0.15, 0.2) is 0 Å². The van der Waals surface area contributed by atoms with E-state index < -0.39 is 31.0 Å². The standard InChI is InChI=1S/C9H17NO5S2/c1-16(12,13)6-17(14,15)10-4-7-2-3-9(11)8(7)5-10/h7-9,11H,2-6H2,1H3. The van der Waals surface area contributed by atoms with Crippen LogP contribution in [0.3, 0.4) is 0 Å². The van der Waals surface area contributed by atoms with Crippen LogP contribution < -0.4 is 0 Å². The highest BCUT2D eigenvalue weighted by Crippen LogP contribution is 2.39. The van der Waals surface area contributed by atoms with Crippen LogP contribution in [-0.2, 0) is 19.9 Å². The highest BCUT2D eigenvalue weighted by molar-refractivity contribution is 8.06. The molecule has 3 atom stereocenters. The van der Waals surface area contributed by atoms with Crippen molar-refractivity contribution in [2.24, 2.45) is 11.8 Å². The molecule has 2 rings (SSSR count). The van der Waals surface area contributed by atoms with Gasteiger partial charge in [-0.25, -0.2) is 21.1 Å². The predicted molar refractivity (Wildman–Crippen MR) is 62.4 cm³/mol. The molecule has 0 bridgehead atoms. The Labute approximate surface area is 102 Å². The maximum atomic E-state index is 11.9. The quantitative estimate of drug-likeness (QED) is 0.719. The van der Waals surface area contributed by atoms with E-state index in [1.807, 2.05) is 0 Å². The van der Waals surface area contributed by atoms with Gasteiger partial charge in [0.2, 0.25) is 10.0 Å². The lowest BCUT2D eigenvalue weighted by Crippen LogP contribution is -2.35. The van der Waals surface area contributed by atoms with E-state index in [0.29, 0.717) is 6.54 Å². The van der Waals surface area contributed by atoms with Gasteiger partial charge in [-0.15, -0.1) is 0 Å². The number of aliphatic hydroxyl groups is 1. The third kappa shape index (κ3) is 2.81. The van der Waals surface area contributed by atoms with Gasteiger partial charge in [-0.1, -0.05) is 0 Å². The van der Waals surface area contributed by atoms with Crippen LogP contribution in [0.1, 0.15) is 12.8 Å². The molecule has 1 aliphatic carbocycles. The SMILES string of the molecule is CS(=O)(=O)CS(=O)(=O)N1CC2CCC(O)C2C1. The molecule has 1 saturated heterocycles. The summed E-state index contributed by atoms with van der Waals surface area (Å²) in [4.78, 5) is 0. The molecule has 8 heteroatoms. The minimum Gasteiger partial charge on any atom is -0.393 e. The van der Waals surface area contributed by atoms with Crippen LogP contribution in [0.5, 0.6) is 0 Å². The lowest BCUT2D eigenvalue weighted by atomic mass is 10.00. The Bertz CT molecular complexity index is 497. The smallest absolute Gasteiger partial charge is 0.228 e. The molecule has 17 heavy (non-hydrogen) atoms. The summed E-state index contributed by atoms with van der Waals surface area (Å²) in [6.07, 6.45) is 2.00. The van der Waals surface area contributed by atoms with Crippen LogP contribution in [0, 0.1) is 11.8 Å². The highest BCUT2D eigenvalue weighted by Gasteiger charge is 2.45. The van der Waals surface area contributed by atoms with Crippen molar-refractivity contribution in [1.29, 1.82) is 0 Å². The minimum absolute atomic E-state index is 0.0238. The van der Waals surface area contributed by atoms with Gasteiger partial charge in [-0.3, -0.25) is 0 Å². The van der Waals surface area contributed by atoms with Gasteiger partial charge in [-0.2, -0.15) is 0 Å². The lowest BCUT2D eigenvalue weighted by molar-refractivity contribution is 0.129. The number of aliphatic hydroxyl groups excluding tert-OH is 1. The normalized spacial score (nSPS) is 35.1. The van der Waals surface area contributed by atoms with Gasteiger partial charge in [0.05, 0.1) is 6.10 Å². The van der Waals surface area contributed by atoms with Crippen molar-refractivity contribution in [3.8, 4) is 0 Å². The molecule has 0 aromatic heterocycles. The molecule has 2 aliphatic rings. The number of rotatable bonds is 3. The molecule has 1 N–H and O–H groups in total. The first-order valence-corrected chi connectivity index (χ1v) is 9.19. The molecule has 1 saturated carbocycles. The summed E-state index contributed by atoms with van der Waals surface area (Å²) in [5.41, 5.74) is 0. The molecule has 0 radical (unpaired) electrons. The van der Waals surface area contributed by atoms with E-state index in [1.165, 1.54) is 4.31 Å². The molecule has 3 unspecified atom stereocenters. The Morgan fingerprint density at radius 2 is 1.82 bits per heavy atom. The summed E-state index contributed by atoms with van der Waals surface area (Å²) >= 11 is 0. The van der Waals surface area contributed by atoms with Crippen molar-refractivity contribution in [3.63, 3.8) is 0 Å². The zero-order valence-electron chi connectivity index (χ0n) is 9.61. The van der Waals surface area contributed by atoms with Gasteiger partial charge in [0.15, 0.2) is 14.9 Å². The number of hydrogen-bond acceptors (Lipinski definition) is 5. The van der Waals surface area contributed by atoms with Crippen LogP contribution in [0.2, 0.25) is 0 Å². The number of sulfonamides is 1. The van der Waals surface area contributed by atoms with E-state index in [1.54, 1.807) is 0 Å². The molecule has 0 aromatic rings. The van der Waals surface area contributed by atoms with Crippen molar-refractivity contribution in [1.82, 2.24) is 4.31 Å². The second-order valence-electron chi connectivity index (χ2n) is 5.04. The van der Waals surface area contributed by atoms with Crippen LogP contribution in [0.4, 0.5) is 0 Å². The van der Waals surface area contributed by atoms with Gasteiger partial charge >= 0.3 is 0 Å². The summed E-state index contributed by atoms with van der Waals surface area (Å²) in [5, 5.41) is 8.84. The van der Waals surface area contributed by atoms with Crippen molar-refractivity contribution in [3.05, 3.63) is 0 Å². The maximum absolute atomic E-state index is 11.9. The molecule has 1 heterocycles. The first-order chi connectivity index (χ1) is 7.69. The van der Waals surface area contributed by atoms with E-state index in [2.05, 4.69) is 0 Å². The van der Waals surface area contributed by atoms with Gasteiger partial charge < -0.3 is 5.11 Å². The zero-order chi connectivity index (χ0) is 12.8. The molecule has 0 spiro atoms. The Hall–Kier alpha value is -0.180. The Morgan fingerprint density at radius 3 is 2.35 bits per heavy atom. The van der Waals surface area contributed by atoms with Gasteiger partial charge in [0, 0.05) is 25.3 Å². The molecule has 1 aliphatic heterocycles. The third-order valence-electron chi connectivity index (χ3n) is 3.54. The minimum atomic E-state index is -3.75. The second-order valence-corrected chi connectivity index (χ2v) is 9.52. The Morgan fingerprint density at radius 1 is 1.18 bits per heavy atom. The van der Waals surface area contributed by atoms with Gasteiger partial charge in [0.1, 0.15) is 0 Å². The first kappa shape index (κ1) is 13.3. The van der Waals surface area contributed by atoms with Crippen molar-refractivity contribution < 1.29 is 21.9 Å². The van der Waals surface area contributed by atoms with E-state index in [4.69, 9.17) is 0 Å². The first-order valence-electron chi connectivity index (χ1n) is 5.53. The fourth-order valence-corrected chi connectivity index (χ4v) is 6.35. The fraction of sp³-hybridized carbons (Fsp3) is 1.00. The fourth-order valence-electron chi connectivity index (χ4n) is 2.77. The summed E-state index contributed by atoms with van der Waals surface area (Å²) < 4.78 is 47.0. The number of fused-ring (bicyclic) bond motifs is 1. The monoisotopic (exact) mass is 283 g/mol. The van der Waals surface area contributed by atoms with E-state index in [9.17, 15) is 21.9 Å². The average molecular weight is 283 g/mol. The highest BCUT2D eigenvalue weighted by atomic mass is 32.3. The average Bonchev–Trinajstić information content (AvgIpc) is 2.64. The summed E-state index contributed by atoms with van der Waals surface area (Å²) in [7, 11) is -7.30. The number of nitrogens with zero attached hydrogens (tertiary/aromatic N) is 1. The maximum Gasteiger partial charge on any atom is 0.228 e. The summed E-state index contributed by atoms with van der Waals surface area (Å²) in [5.74, 6) is 0.156. The molecule has 2 fully saturated rings. The van der Waals surface area contributed by atoms with Gasteiger partial charge in [0.25, 0.3) is 0 Å². The molecular weight excluding hydrogens is 266 g/mol. The van der Waals surface area contributed by atoms with Crippen molar-refractivity contribution in [2.75, 3.05) is 24.4 Å². The molecule has 0 aromatic carbocycles. The van der Waals surface area contributed by atoms with E-state index >= 15 is 0 Å².